The van der Waals surface area contributed by atoms with Gasteiger partial charge in [-0.25, -0.2) is 9.97 Å². The molecular weight excluding hydrogens is 328 g/mol. The lowest BCUT2D eigenvalue weighted by atomic mass is 10.1. The Kier molecular flexibility index (Phi) is 3.57. The molecule has 0 radical (unpaired) electrons. The topological polar surface area (TPSA) is 88.9 Å². The van der Waals surface area contributed by atoms with E-state index in [1.807, 2.05) is 4.90 Å². The minimum atomic E-state index is -0.106. The summed E-state index contributed by atoms with van der Waals surface area (Å²) in [6.45, 7) is 2.10. The molecule has 124 valence electrons. The molecule has 0 atom stereocenters. The summed E-state index contributed by atoms with van der Waals surface area (Å²) in [5.41, 5.74) is 0.618. The van der Waals surface area contributed by atoms with E-state index in [0.717, 1.165) is 36.2 Å². The van der Waals surface area contributed by atoms with Gasteiger partial charge in [-0.1, -0.05) is 11.6 Å². The average molecular weight is 345 g/mol. The molecule has 3 heterocycles. The Morgan fingerprint density at radius 3 is 3.00 bits per heavy atom. The van der Waals surface area contributed by atoms with Crippen molar-refractivity contribution in [2.24, 2.45) is 0 Å². The van der Waals surface area contributed by atoms with Crippen LogP contribution in [-0.4, -0.2) is 50.9 Å². The largest absolute Gasteiger partial charge is 0.352 e. The third-order valence-electron chi connectivity index (χ3n) is 4.93. The second kappa shape index (κ2) is 5.64. The molecule has 0 aromatic carbocycles. The highest BCUT2D eigenvalue weighted by atomic mass is 35.5. The Hall–Kier alpha value is -2.33. The second-order valence-corrected chi connectivity index (χ2v) is 6.81. The molecule has 1 aliphatic heterocycles. The third kappa shape index (κ3) is 2.38. The highest BCUT2D eigenvalue weighted by molar-refractivity contribution is 6.36. The first kappa shape index (κ1) is 15.2. The van der Waals surface area contributed by atoms with Crippen LogP contribution in [0.2, 0.25) is 5.02 Å². The average Bonchev–Trinajstić information content (AvgIpc) is 3.25. The number of aromatic nitrogens is 3. The van der Waals surface area contributed by atoms with Gasteiger partial charge in [0.25, 0.3) is 0 Å². The van der Waals surface area contributed by atoms with Crippen LogP contribution in [0.15, 0.2) is 12.5 Å². The summed E-state index contributed by atoms with van der Waals surface area (Å²) in [4.78, 5) is 28.3. The molecule has 8 heteroatoms. The zero-order valence-corrected chi connectivity index (χ0v) is 13.9. The lowest BCUT2D eigenvalue weighted by molar-refractivity contribution is -0.134. The molecule has 2 aromatic rings. The number of hydrogen-bond donors (Lipinski definition) is 1. The Morgan fingerprint density at radius 1 is 1.42 bits per heavy atom. The number of piperazine rings is 1. The van der Waals surface area contributed by atoms with Crippen molar-refractivity contribution in [3.05, 3.63) is 17.5 Å². The molecule has 1 N–H and O–H groups in total. The molecule has 1 saturated carbocycles. The molecule has 7 nitrogen and oxygen atoms in total. The van der Waals surface area contributed by atoms with Gasteiger partial charge in [-0.15, -0.1) is 0 Å². The monoisotopic (exact) mass is 344 g/mol. The molecular formula is C16H17ClN6O. The van der Waals surface area contributed by atoms with Crippen molar-refractivity contribution in [3.8, 4) is 6.07 Å². The van der Waals surface area contributed by atoms with Gasteiger partial charge in [0, 0.05) is 38.7 Å². The zero-order chi connectivity index (χ0) is 16.7. The minimum absolute atomic E-state index is 0.0845. The number of fused-ring (bicyclic) bond motifs is 1. The molecule has 1 spiro atoms. The fraction of sp³-hybridized carbons (Fsp3) is 0.500. The molecule has 2 fully saturated rings. The maximum Gasteiger partial charge on any atom is 0.224 e. The van der Waals surface area contributed by atoms with Crippen molar-refractivity contribution in [1.29, 1.82) is 5.26 Å². The summed E-state index contributed by atoms with van der Waals surface area (Å²) in [6, 6.07) is 2.05. The highest BCUT2D eigenvalue weighted by Gasteiger charge is 2.53. The number of anilines is 1. The number of nitrogens with zero attached hydrogens (tertiary/aromatic N) is 5. The summed E-state index contributed by atoms with van der Waals surface area (Å²) in [6.07, 6.45) is 5.83. The highest BCUT2D eigenvalue weighted by Crippen LogP contribution is 2.46. The van der Waals surface area contributed by atoms with Crippen LogP contribution in [0.1, 0.15) is 25.7 Å². The summed E-state index contributed by atoms with van der Waals surface area (Å²) in [5.74, 6) is 0.905. The van der Waals surface area contributed by atoms with Crippen LogP contribution < -0.4 is 4.90 Å². The van der Waals surface area contributed by atoms with E-state index >= 15 is 0 Å². The van der Waals surface area contributed by atoms with Gasteiger partial charge >= 0.3 is 0 Å². The molecule has 0 bridgehead atoms. The van der Waals surface area contributed by atoms with Crippen LogP contribution >= 0.6 is 11.6 Å². The minimum Gasteiger partial charge on any atom is -0.352 e. The van der Waals surface area contributed by atoms with Crippen molar-refractivity contribution in [2.75, 3.05) is 24.5 Å². The number of carbonyl (C=O) groups excluding carboxylic acids is 1. The van der Waals surface area contributed by atoms with Gasteiger partial charge in [-0.3, -0.25) is 4.79 Å². The van der Waals surface area contributed by atoms with E-state index in [-0.39, 0.29) is 17.9 Å². The van der Waals surface area contributed by atoms with Crippen molar-refractivity contribution in [3.63, 3.8) is 0 Å². The number of aromatic amines is 1. The molecule has 1 aliphatic carbocycles. The molecule has 1 amide bonds. The summed E-state index contributed by atoms with van der Waals surface area (Å²) in [5, 5.41) is 10.1. The normalized spacial score (nSPS) is 18.8. The zero-order valence-electron chi connectivity index (χ0n) is 13.1. The number of halogens is 1. The van der Waals surface area contributed by atoms with Gasteiger partial charge in [0.05, 0.1) is 22.0 Å². The quantitative estimate of drug-likeness (QED) is 0.921. The number of amides is 1. The number of rotatable bonds is 3. The molecule has 24 heavy (non-hydrogen) atoms. The van der Waals surface area contributed by atoms with Gasteiger partial charge in [0.15, 0.2) is 0 Å². The Morgan fingerprint density at radius 2 is 2.25 bits per heavy atom. The van der Waals surface area contributed by atoms with Crippen LogP contribution in [0.25, 0.3) is 11.0 Å². The standard InChI is InChI=1S/C16H17ClN6O/c17-11-8-19-14-13(11)15(21-10-20-14)22-6-7-23(12(24)2-1-5-18)16(9-22)3-4-16/h8,10H,1-4,6-7,9H2,(H,19,20,21). The van der Waals surface area contributed by atoms with Gasteiger partial charge in [-0.05, 0) is 12.8 Å². The number of carbonyl (C=O) groups is 1. The Balaban J connectivity index is 1.59. The fourth-order valence-corrected chi connectivity index (χ4v) is 3.80. The van der Waals surface area contributed by atoms with Crippen LogP contribution in [0.4, 0.5) is 5.82 Å². The van der Waals surface area contributed by atoms with E-state index < -0.39 is 0 Å². The first-order valence-corrected chi connectivity index (χ1v) is 8.42. The van der Waals surface area contributed by atoms with Crippen LogP contribution in [-0.2, 0) is 4.79 Å². The van der Waals surface area contributed by atoms with Crippen molar-refractivity contribution in [2.45, 2.75) is 31.2 Å². The lowest BCUT2D eigenvalue weighted by Gasteiger charge is -2.42. The molecule has 2 aromatic heterocycles. The maximum absolute atomic E-state index is 12.4. The van der Waals surface area contributed by atoms with Gasteiger partial charge in [0.1, 0.15) is 17.8 Å². The molecule has 1 saturated heterocycles. The smallest absolute Gasteiger partial charge is 0.224 e. The van der Waals surface area contributed by atoms with E-state index in [9.17, 15) is 4.79 Å². The molecule has 4 rings (SSSR count). The Labute approximate surface area is 144 Å². The van der Waals surface area contributed by atoms with Gasteiger partial charge < -0.3 is 14.8 Å². The van der Waals surface area contributed by atoms with E-state index in [1.54, 1.807) is 6.20 Å². The van der Waals surface area contributed by atoms with Gasteiger partial charge in [0.2, 0.25) is 5.91 Å². The Bertz CT molecular complexity index is 837. The SMILES string of the molecule is N#CCCC(=O)N1CCN(c2ncnc3[nH]cc(Cl)c23)CC12CC2. The van der Waals surface area contributed by atoms with Crippen LogP contribution in [0.3, 0.4) is 0 Å². The lowest BCUT2D eigenvalue weighted by Crippen LogP contribution is -2.57. The van der Waals surface area contributed by atoms with Crippen LogP contribution in [0, 0.1) is 11.3 Å². The predicted molar refractivity (Wildman–Crippen MR) is 89.6 cm³/mol. The first-order valence-electron chi connectivity index (χ1n) is 8.04. The first-order chi connectivity index (χ1) is 11.6. The number of hydrogen-bond acceptors (Lipinski definition) is 5. The van der Waals surface area contributed by atoms with Crippen molar-refractivity contribution >= 4 is 34.4 Å². The van der Waals surface area contributed by atoms with Crippen LogP contribution in [0.5, 0.6) is 0 Å². The molecule has 0 unspecified atom stereocenters. The van der Waals surface area contributed by atoms with E-state index in [2.05, 4.69) is 25.9 Å². The van der Waals surface area contributed by atoms with Crippen molar-refractivity contribution < 1.29 is 4.79 Å². The predicted octanol–water partition coefficient (Wildman–Crippen LogP) is 2.10. The maximum atomic E-state index is 12.4. The second-order valence-electron chi connectivity index (χ2n) is 6.41. The van der Waals surface area contributed by atoms with Crippen molar-refractivity contribution in [1.82, 2.24) is 19.9 Å². The van der Waals surface area contributed by atoms with E-state index in [0.29, 0.717) is 24.5 Å². The van der Waals surface area contributed by atoms with E-state index in [1.165, 1.54) is 6.33 Å². The summed E-state index contributed by atoms with van der Waals surface area (Å²) in [7, 11) is 0. The number of nitriles is 1. The summed E-state index contributed by atoms with van der Waals surface area (Å²) < 4.78 is 0. The number of H-pyrrole nitrogens is 1. The van der Waals surface area contributed by atoms with E-state index in [4.69, 9.17) is 16.9 Å². The number of nitrogens with one attached hydrogen (secondary N) is 1. The third-order valence-corrected chi connectivity index (χ3v) is 5.23. The van der Waals surface area contributed by atoms with Gasteiger partial charge in [-0.2, -0.15) is 5.26 Å². The summed E-state index contributed by atoms with van der Waals surface area (Å²) >= 11 is 6.29. The fourth-order valence-electron chi connectivity index (χ4n) is 3.57. The molecule has 2 aliphatic rings.